The first-order valence-electron chi connectivity index (χ1n) is 16.2. The van der Waals surface area contributed by atoms with Crippen molar-refractivity contribution in [3.63, 3.8) is 0 Å². The summed E-state index contributed by atoms with van der Waals surface area (Å²) in [6, 6.07) is 48.7. The Hall–Kier alpha value is -4.41. The van der Waals surface area contributed by atoms with Crippen LogP contribution in [-0.2, 0) is 40.3 Å². The number of nitrogens with zero attached hydrogens (tertiary/aromatic N) is 2. The van der Waals surface area contributed by atoms with E-state index in [0.29, 0.717) is 11.6 Å². The molecule has 242 valence electrons. The minimum absolute atomic E-state index is 0. The fourth-order valence-corrected chi connectivity index (χ4v) is 6.09. The van der Waals surface area contributed by atoms with Crippen molar-refractivity contribution in [1.29, 1.82) is 0 Å². The zero-order valence-corrected chi connectivity index (χ0v) is 30.7. The third-order valence-corrected chi connectivity index (χ3v) is 8.93. The molecule has 4 heteroatoms. The molecule has 0 amide bonds. The van der Waals surface area contributed by atoms with Crippen molar-refractivity contribution in [1.82, 2.24) is 9.55 Å². The van der Waals surface area contributed by atoms with Gasteiger partial charge in [-0.15, -0.1) is 34.7 Å². The zero-order valence-electron chi connectivity index (χ0n) is 28.5. The van der Waals surface area contributed by atoms with Crippen LogP contribution in [0.1, 0.15) is 52.7 Å². The summed E-state index contributed by atoms with van der Waals surface area (Å²) in [5.41, 5.74) is 10.9. The van der Waals surface area contributed by atoms with Crippen LogP contribution < -0.4 is 4.74 Å². The van der Waals surface area contributed by atoms with Gasteiger partial charge in [-0.3, -0.25) is 4.98 Å². The molecule has 0 saturated heterocycles. The summed E-state index contributed by atoms with van der Waals surface area (Å²) in [6.07, 6.45) is 0. The van der Waals surface area contributed by atoms with E-state index in [0.717, 1.165) is 49.8 Å². The molecule has 48 heavy (non-hydrogen) atoms. The van der Waals surface area contributed by atoms with Gasteiger partial charge in [0.15, 0.2) is 0 Å². The van der Waals surface area contributed by atoms with Gasteiger partial charge in [-0.25, -0.2) is 5.56 Å². The second kappa shape index (κ2) is 12.9. The molecule has 0 fully saturated rings. The summed E-state index contributed by atoms with van der Waals surface area (Å²) in [4.78, 5) is 4.96. The van der Waals surface area contributed by atoms with E-state index in [-0.39, 0.29) is 33.2 Å². The summed E-state index contributed by atoms with van der Waals surface area (Å²) in [6.45, 7) is 13.4. The Bertz CT molecular complexity index is 2160. The van der Waals surface area contributed by atoms with Crippen molar-refractivity contribution in [3.05, 3.63) is 139 Å². The van der Waals surface area contributed by atoms with Gasteiger partial charge in [0.1, 0.15) is 0 Å². The van der Waals surface area contributed by atoms with Crippen molar-refractivity contribution in [2.24, 2.45) is 7.05 Å². The number of aromatic nitrogens is 2. The molecule has 0 radical (unpaired) electrons. The molecule has 3 nitrogen and oxygen atoms in total. The molecule has 0 N–H and O–H groups in total. The van der Waals surface area contributed by atoms with Crippen molar-refractivity contribution >= 4 is 21.8 Å². The number of pyridine rings is 1. The number of aryl methyl sites for hydroxylation is 1. The Morgan fingerprint density at radius 2 is 1.33 bits per heavy atom. The van der Waals surface area contributed by atoms with Gasteiger partial charge in [-0.05, 0) is 45.1 Å². The monoisotopic (exact) mass is 808 g/mol. The topological polar surface area (TPSA) is 27.1 Å². The standard InChI is InChI=1S/C44H39N2O.Au/c1-43(2,3)34-19-15-29(16-20-34)31-25-32(30-17-21-35(22-18-30)44(4,5)6)27-33(26-31)39-12-10-14-42(45-39)47-36-23-24-41-38(28-36)37-11-8-9-13-40(37)46(41)7;/h8-17,19-26H,1-7H3;/q-3;+3. The summed E-state index contributed by atoms with van der Waals surface area (Å²) in [5.74, 6) is 1.14. The van der Waals surface area contributed by atoms with Crippen LogP contribution in [0.5, 0.6) is 11.6 Å². The summed E-state index contributed by atoms with van der Waals surface area (Å²) < 4.78 is 8.52. The normalized spacial score (nSPS) is 11.9. The molecule has 0 aliphatic carbocycles. The van der Waals surface area contributed by atoms with Gasteiger partial charge in [0.25, 0.3) is 0 Å². The van der Waals surface area contributed by atoms with Gasteiger partial charge in [0.2, 0.25) is 5.88 Å². The largest absolute Gasteiger partial charge is 3.00 e. The molecular weight excluding hydrogens is 769 g/mol. The predicted molar refractivity (Wildman–Crippen MR) is 195 cm³/mol. The predicted octanol–water partition coefficient (Wildman–Crippen LogP) is 11.5. The quantitative estimate of drug-likeness (QED) is 0.128. The molecule has 0 spiro atoms. The summed E-state index contributed by atoms with van der Waals surface area (Å²) >= 11 is 0. The number of benzene rings is 5. The number of para-hydroxylation sites is 1. The van der Waals surface area contributed by atoms with E-state index in [9.17, 15) is 0 Å². The Morgan fingerprint density at radius 3 is 2.04 bits per heavy atom. The van der Waals surface area contributed by atoms with Gasteiger partial charge < -0.3 is 9.30 Å². The van der Waals surface area contributed by atoms with Gasteiger partial charge in [0, 0.05) is 18.5 Å². The van der Waals surface area contributed by atoms with Crippen molar-refractivity contribution in [2.45, 2.75) is 52.4 Å². The minimum atomic E-state index is 0. The van der Waals surface area contributed by atoms with E-state index in [4.69, 9.17) is 9.72 Å². The van der Waals surface area contributed by atoms with E-state index in [1.165, 1.54) is 16.6 Å². The van der Waals surface area contributed by atoms with E-state index in [1.807, 2.05) is 24.3 Å². The molecule has 7 rings (SSSR count). The van der Waals surface area contributed by atoms with Crippen LogP contribution in [0, 0.1) is 18.2 Å². The van der Waals surface area contributed by atoms with E-state index < -0.39 is 0 Å². The van der Waals surface area contributed by atoms with Crippen LogP contribution >= 0.6 is 0 Å². The Morgan fingerprint density at radius 1 is 0.625 bits per heavy atom. The number of fused-ring (bicyclic) bond motifs is 3. The van der Waals surface area contributed by atoms with Crippen molar-refractivity contribution < 1.29 is 27.1 Å². The maximum Gasteiger partial charge on any atom is 3.00 e. The van der Waals surface area contributed by atoms with Gasteiger partial charge in [-0.1, -0.05) is 119 Å². The van der Waals surface area contributed by atoms with Gasteiger partial charge >= 0.3 is 22.4 Å². The Balaban J connectivity index is 0.00000401. The fourth-order valence-electron chi connectivity index (χ4n) is 6.09. The average Bonchev–Trinajstić information content (AvgIpc) is 3.35. The maximum atomic E-state index is 6.33. The zero-order chi connectivity index (χ0) is 32.9. The van der Waals surface area contributed by atoms with Crippen LogP contribution in [0.15, 0.2) is 109 Å². The number of rotatable bonds is 5. The third-order valence-electron chi connectivity index (χ3n) is 8.93. The van der Waals surface area contributed by atoms with Crippen LogP contribution in [0.25, 0.3) is 55.3 Å². The smallest absolute Gasteiger partial charge is 0.459 e. The van der Waals surface area contributed by atoms with Crippen molar-refractivity contribution in [2.75, 3.05) is 0 Å². The fraction of sp³-hybridized carbons (Fsp3) is 0.205. The second-order valence-electron chi connectivity index (χ2n) is 14.4. The molecule has 2 heterocycles. The van der Waals surface area contributed by atoms with E-state index >= 15 is 0 Å². The molecule has 7 aromatic rings. The molecule has 5 aromatic carbocycles. The Kier molecular flexibility index (Phi) is 9.00. The first-order valence-corrected chi connectivity index (χ1v) is 16.2. The van der Waals surface area contributed by atoms with Gasteiger partial charge in [0.05, 0.1) is 0 Å². The third kappa shape index (κ3) is 6.64. The number of hydrogen-bond donors (Lipinski definition) is 0. The van der Waals surface area contributed by atoms with Crippen LogP contribution in [-0.4, -0.2) is 9.55 Å². The molecule has 0 atom stereocenters. The van der Waals surface area contributed by atoms with Crippen LogP contribution in [0.2, 0.25) is 0 Å². The summed E-state index contributed by atoms with van der Waals surface area (Å²) in [7, 11) is 2.08. The van der Waals surface area contributed by atoms with E-state index in [1.54, 1.807) is 0 Å². The number of hydrogen-bond acceptors (Lipinski definition) is 2. The SMILES string of the molecule is Cn1c2ccc(Oc3cccc(-c4[c-]c(-c5[c-]cc(C(C)(C)C)cc5)cc(-c5ccc(C(C)(C)C)cc5)c4)n3)[c-]c2c2ccccc21.[Au+3]. The van der Waals surface area contributed by atoms with Crippen LogP contribution in [0.3, 0.4) is 0 Å². The molecule has 0 aliphatic heterocycles. The molecule has 2 aromatic heterocycles. The number of ether oxygens (including phenoxy) is 1. The van der Waals surface area contributed by atoms with Gasteiger partial charge in [-0.2, -0.15) is 35.9 Å². The molecular formula is C44H39AuN2O. The molecule has 0 bridgehead atoms. The first kappa shape index (κ1) is 33.5. The first-order chi connectivity index (χ1) is 22.4. The van der Waals surface area contributed by atoms with Crippen molar-refractivity contribution in [3.8, 4) is 45.1 Å². The molecule has 0 aliphatic rings. The van der Waals surface area contributed by atoms with E-state index in [2.05, 4.69) is 156 Å². The maximum absolute atomic E-state index is 6.33. The molecule has 0 unspecified atom stereocenters. The van der Waals surface area contributed by atoms with Crippen LogP contribution in [0.4, 0.5) is 0 Å². The average molecular weight is 809 g/mol. The second-order valence-corrected chi connectivity index (χ2v) is 14.4. The Labute approximate surface area is 300 Å². The minimum Gasteiger partial charge on any atom is -0.459 e. The molecule has 0 saturated carbocycles. The summed E-state index contributed by atoms with van der Waals surface area (Å²) in [5, 5.41) is 2.19.